The number of allylic oxidation sites excluding steroid dienone is 1. The molecule has 29 heavy (non-hydrogen) atoms. The first-order valence-corrected chi connectivity index (χ1v) is 9.10. The summed E-state index contributed by atoms with van der Waals surface area (Å²) >= 11 is 0. The van der Waals surface area contributed by atoms with Crippen LogP contribution in [-0.4, -0.2) is 24.8 Å². The Hall–Kier alpha value is -3.57. The Morgan fingerprint density at radius 1 is 0.931 bits per heavy atom. The van der Waals surface area contributed by atoms with E-state index in [9.17, 15) is 9.90 Å². The second kappa shape index (κ2) is 10.1. The number of phenols is 1. The Morgan fingerprint density at radius 3 is 2.41 bits per heavy atom. The minimum absolute atomic E-state index is 0.117. The zero-order valence-corrected chi connectivity index (χ0v) is 16.1. The first kappa shape index (κ1) is 20.2. The summed E-state index contributed by atoms with van der Waals surface area (Å²) in [7, 11) is 1.56. The number of methoxy groups -OCH3 is 1. The quantitative estimate of drug-likeness (QED) is 0.321. The van der Waals surface area contributed by atoms with Crippen LogP contribution in [0.4, 0.5) is 0 Å². The number of phenolic OH excluding ortho intramolecular Hbond substituents is 1. The van der Waals surface area contributed by atoms with E-state index in [-0.39, 0.29) is 23.9 Å². The van der Waals surface area contributed by atoms with E-state index >= 15 is 0 Å². The van der Waals surface area contributed by atoms with Crippen LogP contribution in [0.15, 0.2) is 78.9 Å². The fourth-order valence-corrected chi connectivity index (χ4v) is 2.68. The Balaban J connectivity index is 1.72. The van der Waals surface area contributed by atoms with Crippen molar-refractivity contribution < 1.29 is 24.1 Å². The number of hydrogen-bond donors (Lipinski definition) is 1. The van der Waals surface area contributed by atoms with Crippen LogP contribution in [0.5, 0.6) is 17.2 Å². The van der Waals surface area contributed by atoms with Crippen molar-refractivity contribution >= 4 is 11.9 Å². The number of carbonyl (C=O) groups is 1. The lowest BCUT2D eigenvalue weighted by Gasteiger charge is -2.11. The number of ether oxygens (including phenoxy) is 3. The van der Waals surface area contributed by atoms with Crippen LogP contribution in [0.1, 0.15) is 21.5 Å². The maximum atomic E-state index is 12.7. The predicted octanol–water partition coefficient (Wildman–Crippen LogP) is 4.85. The summed E-state index contributed by atoms with van der Waals surface area (Å²) in [6.45, 7) is 0.476. The molecular formula is C24H22O5. The van der Waals surface area contributed by atoms with Crippen molar-refractivity contribution in [3.63, 3.8) is 0 Å². The molecule has 0 saturated heterocycles. The fourth-order valence-electron chi connectivity index (χ4n) is 2.68. The van der Waals surface area contributed by atoms with E-state index in [1.807, 2.05) is 42.5 Å². The first-order chi connectivity index (χ1) is 14.2. The minimum atomic E-state index is -0.342. The zero-order chi connectivity index (χ0) is 20.5. The Labute approximate surface area is 169 Å². The summed E-state index contributed by atoms with van der Waals surface area (Å²) in [6, 6.07) is 21.7. The molecule has 0 aromatic heterocycles. The van der Waals surface area contributed by atoms with Gasteiger partial charge in [0.05, 0.1) is 0 Å². The van der Waals surface area contributed by atoms with Gasteiger partial charge in [-0.3, -0.25) is 4.79 Å². The standard InChI is InChI=1S/C24H22O5/c1-27-17-29-20-13-10-18(11-14-20)12-15-22(26)24-21(25)8-5-9-23(24)28-16-19-6-3-2-4-7-19/h2-15,25H,16-17H2,1H3/b15-12+. The van der Waals surface area contributed by atoms with Crippen molar-refractivity contribution in [2.24, 2.45) is 0 Å². The molecule has 3 aromatic carbocycles. The van der Waals surface area contributed by atoms with Crippen LogP contribution in [0.2, 0.25) is 0 Å². The molecule has 0 unspecified atom stereocenters. The van der Waals surface area contributed by atoms with Crippen LogP contribution in [-0.2, 0) is 11.3 Å². The molecule has 1 N–H and O–H groups in total. The maximum Gasteiger partial charge on any atom is 0.193 e. The molecule has 0 heterocycles. The lowest BCUT2D eigenvalue weighted by Crippen LogP contribution is -2.03. The molecule has 0 spiro atoms. The van der Waals surface area contributed by atoms with Gasteiger partial charge >= 0.3 is 0 Å². The summed E-state index contributed by atoms with van der Waals surface area (Å²) in [4.78, 5) is 12.7. The van der Waals surface area contributed by atoms with Gasteiger partial charge in [0.15, 0.2) is 12.6 Å². The van der Waals surface area contributed by atoms with Gasteiger partial charge in [0, 0.05) is 7.11 Å². The number of hydrogen-bond acceptors (Lipinski definition) is 5. The van der Waals surface area contributed by atoms with E-state index in [0.29, 0.717) is 18.1 Å². The van der Waals surface area contributed by atoms with Gasteiger partial charge in [-0.15, -0.1) is 0 Å². The second-order valence-corrected chi connectivity index (χ2v) is 6.24. The van der Waals surface area contributed by atoms with E-state index in [1.165, 1.54) is 12.1 Å². The normalized spacial score (nSPS) is 10.8. The molecule has 5 nitrogen and oxygen atoms in total. The van der Waals surface area contributed by atoms with Crippen LogP contribution >= 0.6 is 0 Å². The lowest BCUT2D eigenvalue weighted by atomic mass is 10.1. The van der Waals surface area contributed by atoms with Crippen molar-refractivity contribution in [1.82, 2.24) is 0 Å². The molecule has 0 atom stereocenters. The number of aromatic hydroxyl groups is 1. The van der Waals surface area contributed by atoms with Crippen molar-refractivity contribution in [3.05, 3.63) is 95.6 Å². The zero-order valence-electron chi connectivity index (χ0n) is 16.1. The Kier molecular flexibility index (Phi) is 7.03. The van der Waals surface area contributed by atoms with Gasteiger partial charge in [-0.1, -0.05) is 54.6 Å². The maximum absolute atomic E-state index is 12.7. The molecule has 3 rings (SSSR count). The highest BCUT2D eigenvalue weighted by atomic mass is 16.7. The van der Waals surface area contributed by atoms with E-state index in [4.69, 9.17) is 14.2 Å². The van der Waals surface area contributed by atoms with E-state index in [1.54, 1.807) is 37.5 Å². The third-order valence-corrected chi connectivity index (χ3v) is 4.14. The minimum Gasteiger partial charge on any atom is -0.507 e. The summed E-state index contributed by atoms with van der Waals surface area (Å²) in [5.41, 5.74) is 1.94. The van der Waals surface area contributed by atoms with Gasteiger partial charge in [0.1, 0.15) is 29.4 Å². The molecule has 3 aromatic rings. The van der Waals surface area contributed by atoms with Crippen LogP contribution in [0, 0.1) is 0 Å². The van der Waals surface area contributed by atoms with Crippen LogP contribution < -0.4 is 9.47 Å². The van der Waals surface area contributed by atoms with Gasteiger partial charge in [-0.2, -0.15) is 0 Å². The van der Waals surface area contributed by atoms with Gasteiger partial charge in [0.25, 0.3) is 0 Å². The highest BCUT2D eigenvalue weighted by Crippen LogP contribution is 2.29. The molecule has 0 aliphatic carbocycles. The molecule has 0 radical (unpaired) electrons. The third-order valence-electron chi connectivity index (χ3n) is 4.14. The lowest BCUT2D eigenvalue weighted by molar-refractivity contribution is 0.0511. The van der Waals surface area contributed by atoms with Crippen molar-refractivity contribution in [1.29, 1.82) is 0 Å². The summed E-state index contributed by atoms with van der Waals surface area (Å²) in [5.74, 6) is 0.554. The molecule has 148 valence electrons. The molecular weight excluding hydrogens is 368 g/mol. The smallest absolute Gasteiger partial charge is 0.193 e. The van der Waals surface area contributed by atoms with Crippen molar-refractivity contribution in [2.75, 3.05) is 13.9 Å². The highest BCUT2D eigenvalue weighted by Gasteiger charge is 2.15. The Morgan fingerprint density at radius 2 is 1.69 bits per heavy atom. The Bertz CT molecular complexity index is 962. The number of benzene rings is 3. The molecule has 0 fully saturated rings. The second-order valence-electron chi connectivity index (χ2n) is 6.24. The SMILES string of the molecule is COCOc1ccc(/C=C/C(=O)c2c(O)cccc2OCc2ccccc2)cc1. The summed E-state index contributed by atoms with van der Waals surface area (Å²) in [5, 5.41) is 10.2. The topological polar surface area (TPSA) is 65.0 Å². The van der Waals surface area contributed by atoms with Gasteiger partial charge in [-0.25, -0.2) is 0 Å². The van der Waals surface area contributed by atoms with Gasteiger partial charge in [0.2, 0.25) is 0 Å². The van der Waals surface area contributed by atoms with Crippen molar-refractivity contribution in [3.8, 4) is 17.2 Å². The van der Waals surface area contributed by atoms with Crippen molar-refractivity contribution in [2.45, 2.75) is 6.61 Å². The van der Waals surface area contributed by atoms with E-state index < -0.39 is 0 Å². The molecule has 0 aliphatic heterocycles. The predicted molar refractivity (Wildman–Crippen MR) is 111 cm³/mol. The number of rotatable bonds is 9. The highest BCUT2D eigenvalue weighted by molar-refractivity contribution is 6.10. The average molecular weight is 390 g/mol. The molecule has 0 amide bonds. The fraction of sp³-hybridized carbons (Fsp3) is 0.125. The molecule has 0 bridgehead atoms. The van der Waals surface area contributed by atoms with Gasteiger partial charge in [-0.05, 0) is 41.5 Å². The third kappa shape index (κ3) is 5.70. The van der Waals surface area contributed by atoms with Crippen LogP contribution in [0.25, 0.3) is 6.08 Å². The number of carbonyl (C=O) groups excluding carboxylic acids is 1. The number of ketones is 1. The van der Waals surface area contributed by atoms with E-state index in [0.717, 1.165) is 11.1 Å². The summed E-state index contributed by atoms with van der Waals surface area (Å²) in [6.07, 6.45) is 3.09. The molecule has 0 aliphatic rings. The summed E-state index contributed by atoms with van der Waals surface area (Å²) < 4.78 is 16.0. The van der Waals surface area contributed by atoms with Gasteiger partial charge < -0.3 is 19.3 Å². The van der Waals surface area contributed by atoms with Crippen LogP contribution in [0.3, 0.4) is 0 Å². The molecule has 5 heteroatoms. The van der Waals surface area contributed by atoms with E-state index in [2.05, 4.69) is 0 Å². The first-order valence-electron chi connectivity index (χ1n) is 9.10. The monoisotopic (exact) mass is 390 g/mol. The largest absolute Gasteiger partial charge is 0.507 e. The molecule has 0 saturated carbocycles. The average Bonchev–Trinajstić information content (AvgIpc) is 2.76.